The molecule has 6 heteroatoms. The minimum absolute atomic E-state index is 0.254. The van der Waals surface area contributed by atoms with E-state index in [4.69, 9.17) is 5.73 Å². The van der Waals surface area contributed by atoms with Crippen molar-refractivity contribution in [3.63, 3.8) is 0 Å². The molecule has 3 rings (SSSR count). The summed E-state index contributed by atoms with van der Waals surface area (Å²) in [5, 5.41) is 3.30. The number of carbonyl (C=O) groups is 1. The number of hydrogen-bond acceptors (Lipinski definition) is 4. The summed E-state index contributed by atoms with van der Waals surface area (Å²) in [5.74, 6) is -0.377. The second-order valence-electron chi connectivity index (χ2n) is 5.23. The number of halogens is 1. The summed E-state index contributed by atoms with van der Waals surface area (Å²) >= 11 is 0. The molecule has 5 nitrogen and oxygen atoms in total. The number of amides is 1. The van der Waals surface area contributed by atoms with Crippen molar-refractivity contribution < 1.29 is 9.18 Å². The number of carbonyl (C=O) groups excluding carboxylic acids is 1. The predicted octanol–water partition coefficient (Wildman–Crippen LogP) is 2.21. The molecule has 1 aromatic carbocycles. The molecule has 1 saturated carbocycles. The number of nitrogens with one attached hydrogen (secondary N) is 1. The average molecular weight is 286 g/mol. The van der Waals surface area contributed by atoms with Crippen molar-refractivity contribution in [3.8, 4) is 0 Å². The second-order valence-corrected chi connectivity index (χ2v) is 5.23. The van der Waals surface area contributed by atoms with Gasteiger partial charge in [0.15, 0.2) is 0 Å². The number of hydrogen-bond donors (Lipinski definition) is 2. The van der Waals surface area contributed by atoms with Gasteiger partial charge in [-0.15, -0.1) is 0 Å². The summed E-state index contributed by atoms with van der Waals surface area (Å²) in [4.78, 5) is 19.2. The Labute approximate surface area is 121 Å². The minimum Gasteiger partial charge on any atom is -0.366 e. The predicted molar refractivity (Wildman–Crippen MR) is 76.1 cm³/mol. The number of nitrogens with zero attached hydrogens (tertiary/aromatic N) is 2. The molecule has 0 radical (unpaired) electrons. The summed E-state index contributed by atoms with van der Waals surface area (Å²) in [6, 6.07) is 6.46. The molecule has 1 aliphatic carbocycles. The molecule has 0 aliphatic heterocycles. The highest BCUT2D eigenvalue weighted by Crippen LogP contribution is 2.43. The van der Waals surface area contributed by atoms with Crippen molar-refractivity contribution in [2.45, 2.75) is 24.8 Å². The lowest BCUT2D eigenvalue weighted by Crippen LogP contribution is -2.42. The number of aromatic nitrogens is 2. The second kappa shape index (κ2) is 5.12. The molecule has 3 N–H and O–H groups in total. The summed E-state index contributed by atoms with van der Waals surface area (Å²) in [7, 11) is 0. The summed E-state index contributed by atoms with van der Waals surface area (Å²) in [6.45, 7) is 0. The Morgan fingerprint density at radius 2 is 1.81 bits per heavy atom. The maximum Gasteiger partial charge on any atom is 0.251 e. The van der Waals surface area contributed by atoms with Gasteiger partial charge in [0, 0.05) is 12.4 Å². The van der Waals surface area contributed by atoms with Gasteiger partial charge in [0.1, 0.15) is 5.82 Å². The van der Waals surface area contributed by atoms with Crippen LogP contribution in [0, 0.1) is 5.82 Å². The van der Waals surface area contributed by atoms with Gasteiger partial charge in [0.2, 0.25) is 5.95 Å². The first kappa shape index (κ1) is 13.5. The Morgan fingerprint density at radius 3 is 2.29 bits per heavy atom. The van der Waals surface area contributed by atoms with Crippen LogP contribution < -0.4 is 11.1 Å². The van der Waals surface area contributed by atoms with E-state index in [0.29, 0.717) is 5.95 Å². The van der Waals surface area contributed by atoms with Gasteiger partial charge in [-0.05, 0) is 37.0 Å². The van der Waals surface area contributed by atoms with Crippen molar-refractivity contribution >= 4 is 11.9 Å². The van der Waals surface area contributed by atoms with Crippen LogP contribution in [-0.2, 0) is 5.54 Å². The molecule has 2 aromatic rings. The van der Waals surface area contributed by atoms with Crippen LogP contribution in [0.5, 0.6) is 0 Å². The molecule has 0 spiro atoms. The third-order valence-electron chi connectivity index (χ3n) is 3.89. The fraction of sp³-hybridized carbons (Fsp3) is 0.267. The highest BCUT2D eigenvalue weighted by molar-refractivity contribution is 5.92. The lowest BCUT2D eigenvalue weighted by Gasteiger charge is -2.43. The van der Waals surface area contributed by atoms with Crippen molar-refractivity contribution in [1.82, 2.24) is 9.97 Å². The van der Waals surface area contributed by atoms with Gasteiger partial charge in [-0.25, -0.2) is 14.4 Å². The number of benzene rings is 1. The molecule has 0 saturated heterocycles. The highest BCUT2D eigenvalue weighted by Gasteiger charge is 2.39. The van der Waals surface area contributed by atoms with Crippen molar-refractivity contribution in [1.29, 1.82) is 0 Å². The van der Waals surface area contributed by atoms with E-state index in [1.807, 2.05) is 0 Å². The number of anilines is 1. The largest absolute Gasteiger partial charge is 0.366 e. The van der Waals surface area contributed by atoms with E-state index in [1.165, 1.54) is 24.5 Å². The first-order valence-electron chi connectivity index (χ1n) is 6.75. The van der Waals surface area contributed by atoms with Gasteiger partial charge in [0.25, 0.3) is 5.91 Å². The Kier molecular flexibility index (Phi) is 3.29. The molecule has 21 heavy (non-hydrogen) atoms. The van der Waals surface area contributed by atoms with E-state index in [1.54, 1.807) is 12.1 Å². The zero-order valence-corrected chi connectivity index (χ0v) is 11.3. The Hall–Kier alpha value is -2.50. The number of primary amides is 1. The summed E-state index contributed by atoms with van der Waals surface area (Å²) in [6.07, 6.45) is 5.74. The van der Waals surface area contributed by atoms with Gasteiger partial charge in [-0.2, -0.15) is 0 Å². The van der Waals surface area contributed by atoms with Crippen LogP contribution in [-0.4, -0.2) is 15.9 Å². The minimum atomic E-state index is -0.557. The van der Waals surface area contributed by atoms with E-state index in [-0.39, 0.29) is 16.9 Å². The zero-order valence-electron chi connectivity index (χ0n) is 11.3. The monoisotopic (exact) mass is 286 g/mol. The van der Waals surface area contributed by atoms with E-state index in [0.717, 1.165) is 24.8 Å². The topological polar surface area (TPSA) is 80.9 Å². The standard InChI is InChI=1S/C15H15FN4O/c16-12-4-2-11(3-5-12)15(6-1-7-15)20-14-18-8-10(9-19-14)13(17)21/h2-5,8-9H,1,6-7H2,(H2,17,21)(H,18,19,20). The maximum absolute atomic E-state index is 13.1. The molecular formula is C15H15FN4O. The molecule has 1 fully saturated rings. The van der Waals surface area contributed by atoms with Crippen molar-refractivity contribution in [2.75, 3.05) is 5.32 Å². The third-order valence-corrected chi connectivity index (χ3v) is 3.89. The van der Waals surface area contributed by atoms with Gasteiger partial charge in [-0.1, -0.05) is 12.1 Å². The number of nitrogens with two attached hydrogens (primary N) is 1. The van der Waals surface area contributed by atoms with Gasteiger partial charge >= 0.3 is 0 Å². The SMILES string of the molecule is NC(=O)c1cnc(NC2(c3ccc(F)cc3)CCC2)nc1. The fourth-order valence-electron chi connectivity index (χ4n) is 2.52. The van der Waals surface area contributed by atoms with Crippen molar-refractivity contribution in [2.24, 2.45) is 5.73 Å². The molecule has 0 bridgehead atoms. The Bertz CT molecular complexity index is 650. The summed E-state index contributed by atoms with van der Waals surface area (Å²) in [5.41, 5.74) is 6.18. The van der Waals surface area contributed by atoms with E-state index in [9.17, 15) is 9.18 Å². The zero-order chi connectivity index (χ0) is 14.9. The lowest BCUT2D eigenvalue weighted by molar-refractivity contribution is 0.0999. The molecule has 1 aliphatic rings. The van der Waals surface area contributed by atoms with Crippen LogP contribution >= 0.6 is 0 Å². The molecule has 0 unspecified atom stereocenters. The van der Waals surface area contributed by atoms with Crippen LogP contribution in [0.3, 0.4) is 0 Å². The number of rotatable bonds is 4. The maximum atomic E-state index is 13.1. The molecule has 1 amide bonds. The van der Waals surface area contributed by atoms with Crippen LogP contribution in [0.4, 0.5) is 10.3 Å². The molecule has 1 heterocycles. The van der Waals surface area contributed by atoms with Gasteiger partial charge in [-0.3, -0.25) is 4.79 Å². The van der Waals surface area contributed by atoms with E-state index < -0.39 is 5.91 Å². The average Bonchev–Trinajstić information content (AvgIpc) is 2.44. The quantitative estimate of drug-likeness (QED) is 0.903. The molecular weight excluding hydrogens is 271 g/mol. The first-order chi connectivity index (χ1) is 10.1. The molecule has 1 aromatic heterocycles. The fourth-order valence-corrected chi connectivity index (χ4v) is 2.52. The lowest BCUT2D eigenvalue weighted by atomic mass is 9.72. The van der Waals surface area contributed by atoms with Crippen LogP contribution in [0.15, 0.2) is 36.7 Å². The van der Waals surface area contributed by atoms with Crippen LogP contribution in [0.1, 0.15) is 35.2 Å². The summed E-state index contributed by atoms with van der Waals surface area (Å²) < 4.78 is 13.1. The van der Waals surface area contributed by atoms with Gasteiger partial charge < -0.3 is 11.1 Å². The first-order valence-corrected chi connectivity index (χ1v) is 6.75. The Balaban J connectivity index is 1.83. The normalized spacial score (nSPS) is 16.0. The van der Waals surface area contributed by atoms with Crippen LogP contribution in [0.2, 0.25) is 0 Å². The smallest absolute Gasteiger partial charge is 0.251 e. The molecule has 0 atom stereocenters. The molecule has 108 valence electrons. The van der Waals surface area contributed by atoms with Crippen molar-refractivity contribution in [3.05, 3.63) is 53.6 Å². The van der Waals surface area contributed by atoms with E-state index in [2.05, 4.69) is 15.3 Å². The van der Waals surface area contributed by atoms with Gasteiger partial charge in [0.05, 0.1) is 11.1 Å². The highest BCUT2D eigenvalue weighted by atomic mass is 19.1. The third kappa shape index (κ3) is 2.56. The van der Waals surface area contributed by atoms with E-state index >= 15 is 0 Å². The Morgan fingerprint density at radius 1 is 1.19 bits per heavy atom. The van der Waals surface area contributed by atoms with Crippen LogP contribution in [0.25, 0.3) is 0 Å².